The lowest BCUT2D eigenvalue weighted by Crippen LogP contribution is -2.44. The van der Waals surface area contributed by atoms with Crippen molar-refractivity contribution in [1.82, 2.24) is 14.9 Å². The molecule has 2 N–H and O–H groups in total. The molecule has 2 unspecified atom stereocenters. The van der Waals surface area contributed by atoms with Crippen LogP contribution in [0.15, 0.2) is 24.4 Å². The molecular weight excluding hydrogens is 415 g/mol. The van der Waals surface area contributed by atoms with Gasteiger partial charge in [0.05, 0.1) is 6.20 Å². The van der Waals surface area contributed by atoms with Crippen LogP contribution in [0.2, 0.25) is 0 Å². The highest BCUT2D eigenvalue weighted by Gasteiger charge is 2.31. The molecule has 1 aromatic heterocycles. The molecule has 3 aliphatic rings. The lowest BCUT2D eigenvalue weighted by atomic mass is 9.68. The van der Waals surface area contributed by atoms with Crippen LogP contribution in [0.5, 0.6) is 0 Å². The Morgan fingerprint density at radius 3 is 2.55 bits per heavy atom. The highest BCUT2D eigenvalue weighted by Crippen LogP contribution is 2.42. The van der Waals surface area contributed by atoms with Gasteiger partial charge in [0.15, 0.2) is 11.6 Å². The summed E-state index contributed by atoms with van der Waals surface area (Å²) in [7, 11) is 2.17. The minimum atomic E-state index is -0.391. The van der Waals surface area contributed by atoms with Crippen LogP contribution in [-0.4, -0.2) is 54.6 Å². The van der Waals surface area contributed by atoms with Crippen molar-refractivity contribution in [2.45, 2.75) is 45.4 Å². The van der Waals surface area contributed by atoms with Crippen molar-refractivity contribution in [3.05, 3.63) is 35.8 Å². The van der Waals surface area contributed by atoms with Gasteiger partial charge < -0.3 is 20.4 Å². The van der Waals surface area contributed by atoms with Crippen LogP contribution < -0.4 is 15.5 Å². The average molecular weight is 453 g/mol. The van der Waals surface area contributed by atoms with E-state index in [-0.39, 0.29) is 0 Å². The SMILES string of the molecule is Cc1cc(Nc2ncc(F)c(NCC3CC4CCCC(C4)C3)n2)ccc1N1CCN(C)CC1. The van der Waals surface area contributed by atoms with Gasteiger partial charge in [0.1, 0.15) is 0 Å². The number of rotatable bonds is 6. The third-order valence-electron chi connectivity index (χ3n) is 7.82. The molecule has 2 aromatic rings. The van der Waals surface area contributed by atoms with Gasteiger partial charge >= 0.3 is 0 Å². The Kier molecular flexibility index (Phi) is 6.67. The number of aromatic nitrogens is 2. The summed E-state index contributed by atoms with van der Waals surface area (Å²) >= 11 is 0. The summed E-state index contributed by atoms with van der Waals surface area (Å²) in [5, 5.41) is 6.55. The molecule has 1 aromatic carbocycles. The molecule has 2 aliphatic carbocycles. The third kappa shape index (κ3) is 5.40. The van der Waals surface area contributed by atoms with Gasteiger partial charge in [0.25, 0.3) is 0 Å². The fourth-order valence-electron chi connectivity index (χ4n) is 6.09. The maximum Gasteiger partial charge on any atom is 0.229 e. The first-order chi connectivity index (χ1) is 16.0. The van der Waals surface area contributed by atoms with Gasteiger partial charge in [-0.25, -0.2) is 9.37 Å². The summed E-state index contributed by atoms with van der Waals surface area (Å²) in [5.41, 5.74) is 3.41. The van der Waals surface area contributed by atoms with Gasteiger partial charge in [-0.05, 0) is 74.8 Å². The zero-order valence-corrected chi connectivity index (χ0v) is 20.0. The first-order valence-electron chi connectivity index (χ1n) is 12.6. The zero-order valence-electron chi connectivity index (χ0n) is 20.0. The molecule has 5 rings (SSSR count). The van der Waals surface area contributed by atoms with E-state index < -0.39 is 5.82 Å². The smallest absolute Gasteiger partial charge is 0.229 e. The molecule has 2 heterocycles. The van der Waals surface area contributed by atoms with E-state index >= 15 is 0 Å². The summed E-state index contributed by atoms with van der Waals surface area (Å²) in [4.78, 5) is 13.4. The van der Waals surface area contributed by atoms with Crippen molar-refractivity contribution in [2.24, 2.45) is 17.8 Å². The van der Waals surface area contributed by atoms with E-state index in [0.717, 1.165) is 50.2 Å². The number of halogens is 1. The van der Waals surface area contributed by atoms with E-state index in [1.807, 2.05) is 0 Å². The summed E-state index contributed by atoms with van der Waals surface area (Å²) < 4.78 is 14.4. The molecule has 7 heteroatoms. The molecule has 2 atom stereocenters. The average Bonchev–Trinajstić information content (AvgIpc) is 2.80. The van der Waals surface area contributed by atoms with Gasteiger partial charge in [0.2, 0.25) is 5.95 Å². The summed E-state index contributed by atoms with van der Waals surface area (Å²) in [5.74, 6) is 2.69. The summed E-state index contributed by atoms with van der Waals surface area (Å²) in [6, 6.07) is 6.33. The predicted octanol–water partition coefficient (Wildman–Crippen LogP) is 5.05. The minimum Gasteiger partial charge on any atom is -0.369 e. The van der Waals surface area contributed by atoms with Crippen LogP contribution >= 0.6 is 0 Å². The van der Waals surface area contributed by atoms with Crippen molar-refractivity contribution in [3.63, 3.8) is 0 Å². The van der Waals surface area contributed by atoms with Gasteiger partial charge in [-0.15, -0.1) is 0 Å². The highest BCUT2D eigenvalue weighted by molar-refractivity contribution is 5.64. The number of piperazine rings is 1. The molecule has 178 valence electrons. The van der Waals surface area contributed by atoms with E-state index in [4.69, 9.17) is 0 Å². The molecule has 2 bridgehead atoms. The quantitative estimate of drug-likeness (QED) is 0.640. The van der Waals surface area contributed by atoms with Crippen LogP contribution in [-0.2, 0) is 0 Å². The van der Waals surface area contributed by atoms with E-state index in [9.17, 15) is 4.39 Å². The molecule has 0 spiro atoms. The number of aryl methyl sites for hydroxylation is 1. The van der Waals surface area contributed by atoms with E-state index in [1.165, 1.54) is 56.0 Å². The lowest BCUT2D eigenvalue weighted by molar-refractivity contribution is 0.143. The Hall–Kier alpha value is -2.41. The Balaban J connectivity index is 1.21. The molecule has 0 amide bonds. The number of benzene rings is 1. The zero-order chi connectivity index (χ0) is 22.8. The monoisotopic (exact) mass is 452 g/mol. The van der Waals surface area contributed by atoms with E-state index in [0.29, 0.717) is 17.7 Å². The first-order valence-corrected chi connectivity index (χ1v) is 12.6. The highest BCUT2D eigenvalue weighted by atomic mass is 19.1. The normalized spacial score (nSPS) is 25.7. The Morgan fingerprint density at radius 1 is 1.06 bits per heavy atom. The number of likely N-dealkylation sites (N-methyl/N-ethyl adjacent to an activating group) is 1. The maximum absolute atomic E-state index is 14.4. The number of anilines is 4. The largest absolute Gasteiger partial charge is 0.369 e. The Bertz CT molecular complexity index is 946. The van der Waals surface area contributed by atoms with Crippen LogP contribution in [0.1, 0.15) is 44.1 Å². The van der Waals surface area contributed by atoms with Gasteiger partial charge in [-0.3, -0.25) is 0 Å². The Labute approximate surface area is 197 Å². The van der Waals surface area contributed by atoms with E-state index in [2.05, 4.69) is 62.6 Å². The second-order valence-corrected chi connectivity index (χ2v) is 10.4. The van der Waals surface area contributed by atoms with Gasteiger partial charge in [-0.1, -0.05) is 19.3 Å². The number of hydrogen-bond acceptors (Lipinski definition) is 6. The number of nitrogens with zero attached hydrogens (tertiary/aromatic N) is 4. The second-order valence-electron chi connectivity index (χ2n) is 10.4. The van der Waals surface area contributed by atoms with Crippen molar-refractivity contribution in [2.75, 3.05) is 55.3 Å². The molecular formula is C26H37FN6. The van der Waals surface area contributed by atoms with Crippen molar-refractivity contribution >= 4 is 23.1 Å². The number of hydrogen-bond donors (Lipinski definition) is 2. The van der Waals surface area contributed by atoms with Crippen molar-refractivity contribution < 1.29 is 4.39 Å². The number of nitrogens with one attached hydrogen (secondary N) is 2. The predicted molar refractivity (Wildman–Crippen MR) is 133 cm³/mol. The van der Waals surface area contributed by atoms with Crippen LogP contribution in [0.4, 0.5) is 27.5 Å². The lowest BCUT2D eigenvalue weighted by Gasteiger charge is -2.39. The van der Waals surface area contributed by atoms with E-state index in [1.54, 1.807) is 0 Å². The van der Waals surface area contributed by atoms with Crippen molar-refractivity contribution in [1.29, 1.82) is 0 Å². The standard InChI is InChI=1S/C26H37FN6/c1-18-12-22(6-7-24(18)33-10-8-32(2)9-11-33)30-26-29-17-23(27)25(31-26)28-16-21-14-19-4-3-5-20(13-19)15-21/h6-7,12,17,19-21H,3-5,8-11,13-16H2,1-2H3,(H2,28,29,30,31). The molecule has 3 fully saturated rings. The molecule has 33 heavy (non-hydrogen) atoms. The topological polar surface area (TPSA) is 56.3 Å². The molecule has 1 aliphatic heterocycles. The second kappa shape index (κ2) is 9.84. The first kappa shape index (κ1) is 22.4. The minimum absolute atomic E-state index is 0.300. The Morgan fingerprint density at radius 2 is 1.82 bits per heavy atom. The molecule has 1 saturated heterocycles. The molecule has 2 saturated carbocycles. The fourth-order valence-corrected chi connectivity index (χ4v) is 6.09. The van der Waals surface area contributed by atoms with Crippen LogP contribution in [0.25, 0.3) is 0 Å². The summed E-state index contributed by atoms with van der Waals surface area (Å²) in [6.45, 7) is 7.18. The maximum atomic E-state index is 14.4. The van der Waals surface area contributed by atoms with Crippen LogP contribution in [0.3, 0.4) is 0 Å². The van der Waals surface area contributed by atoms with Gasteiger partial charge in [0, 0.05) is 44.1 Å². The fraction of sp³-hybridized carbons (Fsp3) is 0.615. The molecule has 6 nitrogen and oxygen atoms in total. The summed E-state index contributed by atoms with van der Waals surface area (Å²) in [6.07, 6.45) is 9.32. The van der Waals surface area contributed by atoms with Gasteiger partial charge in [-0.2, -0.15) is 4.98 Å². The van der Waals surface area contributed by atoms with Crippen molar-refractivity contribution in [3.8, 4) is 0 Å². The number of fused-ring (bicyclic) bond motifs is 2. The van der Waals surface area contributed by atoms with Crippen LogP contribution in [0, 0.1) is 30.5 Å². The molecule has 0 radical (unpaired) electrons. The third-order valence-corrected chi connectivity index (χ3v) is 7.82.